The van der Waals surface area contributed by atoms with Crippen LogP contribution in [0, 0.1) is 0 Å². The summed E-state index contributed by atoms with van der Waals surface area (Å²) in [7, 11) is 0. The number of nitrogens with zero attached hydrogens (tertiary/aromatic N) is 1. The Bertz CT molecular complexity index is 716. The zero-order valence-electron chi connectivity index (χ0n) is 11.3. The highest BCUT2D eigenvalue weighted by molar-refractivity contribution is 5.91. The SMILES string of the molecule is CC(C1=CCC=N1)c1cccc2ccc(NC=O)cc12. The van der Waals surface area contributed by atoms with E-state index in [9.17, 15) is 4.79 Å². The van der Waals surface area contributed by atoms with Gasteiger partial charge in [-0.1, -0.05) is 37.3 Å². The number of aliphatic imine (C=N–C) groups is 1. The first-order chi connectivity index (χ1) is 9.79. The molecule has 1 aliphatic heterocycles. The van der Waals surface area contributed by atoms with Crippen LogP contribution in [0.15, 0.2) is 53.2 Å². The molecular weight excluding hydrogens is 248 g/mol. The van der Waals surface area contributed by atoms with Crippen molar-refractivity contribution in [3.8, 4) is 0 Å². The van der Waals surface area contributed by atoms with E-state index in [0.717, 1.165) is 23.2 Å². The van der Waals surface area contributed by atoms with Crippen molar-refractivity contribution < 1.29 is 4.79 Å². The Morgan fingerprint density at radius 1 is 1.30 bits per heavy atom. The van der Waals surface area contributed by atoms with Gasteiger partial charge in [0, 0.05) is 29.9 Å². The highest BCUT2D eigenvalue weighted by Crippen LogP contribution is 2.33. The third-order valence-corrected chi connectivity index (χ3v) is 3.72. The molecule has 1 atom stereocenters. The fourth-order valence-corrected chi connectivity index (χ4v) is 2.66. The Balaban J connectivity index is 2.11. The number of benzene rings is 2. The fourth-order valence-electron chi connectivity index (χ4n) is 2.66. The van der Waals surface area contributed by atoms with Gasteiger partial charge in [-0.15, -0.1) is 0 Å². The largest absolute Gasteiger partial charge is 0.329 e. The lowest BCUT2D eigenvalue weighted by Gasteiger charge is -2.15. The molecule has 0 fully saturated rings. The van der Waals surface area contributed by atoms with Gasteiger partial charge in [0.05, 0.1) is 0 Å². The van der Waals surface area contributed by atoms with Gasteiger partial charge in [-0.2, -0.15) is 0 Å². The van der Waals surface area contributed by atoms with Crippen LogP contribution in [0.3, 0.4) is 0 Å². The van der Waals surface area contributed by atoms with Gasteiger partial charge in [0.2, 0.25) is 6.41 Å². The Hall–Kier alpha value is -2.42. The molecule has 100 valence electrons. The Morgan fingerprint density at radius 2 is 2.20 bits per heavy atom. The topological polar surface area (TPSA) is 41.5 Å². The molecule has 1 amide bonds. The number of rotatable bonds is 4. The number of allylic oxidation sites excluding steroid dienone is 2. The zero-order chi connectivity index (χ0) is 13.9. The zero-order valence-corrected chi connectivity index (χ0v) is 11.3. The van der Waals surface area contributed by atoms with Gasteiger partial charge >= 0.3 is 0 Å². The lowest BCUT2D eigenvalue weighted by molar-refractivity contribution is -0.105. The molecule has 0 spiro atoms. The summed E-state index contributed by atoms with van der Waals surface area (Å²) in [5, 5.41) is 5.05. The first kappa shape index (κ1) is 12.6. The Labute approximate surface area is 118 Å². The van der Waals surface area contributed by atoms with Crippen molar-refractivity contribution in [2.45, 2.75) is 19.3 Å². The van der Waals surface area contributed by atoms with Gasteiger partial charge in [0.25, 0.3) is 0 Å². The smallest absolute Gasteiger partial charge is 0.211 e. The van der Waals surface area contributed by atoms with Gasteiger partial charge in [0.1, 0.15) is 0 Å². The number of hydrogen-bond donors (Lipinski definition) is 1. The summed E-state index contributed by atoms with van der Waals surface area (Å²) < 4.78 is 0. The summed E-state index contributed by atoms with van der Waals surface area (Å²) in [5.41, 5.74) is 3.17. The van der Waals surface area contributed by atoms with Crippen molar-refractivity contribution in [3.63, 3.8) is 0 Å². The van der Waals surface area contributed by atoms with Crippen LogP contribution in [0.2, 0.25) is 0 Å². The molecule has 2 aromatic rings. The summed E-state index contributed by atoms with van der Waals surface area (Å²) >= 11 is 0. The van der Waals surface area contributed by atoms with Crippen molar-refractivity contribution in [2.75, 3.05) is 5.32 Å². The first-order valence-electron chi connectivity index (χ1n) is 6.75. The number of amides is 1. The second-order valence-corrected chi connectivity index (χ2v) is 4.94. The summed E-state index contributed by atoms with van der Waals surface area (Å²) in [6.45, 7) is 2.17. The average molecular weight is 264 g/mol. The molecule has 0 radical (unpaired) electrons. The van der Waals surface area contributed by atoms with E-state index in [4.69, 9.17) is 0 Å². The van der Waals surface area contributed by atoms with Gasteiger partial charge in [-0.25, -0.2) is 0 Å². The van der Waals surface area contributed by atoms with Gasteiger partial charge in [-0.05, 0) is 28.5 Å². The molecule has 0 saturated carbocycles. The van der Waals surface area contributed by atoms with Crippen molar-refractivity contribution in [1.82, 2.24) is 0 Å². The number of fused-ring (bicyclic) bond motifs is 1. The highest BCUT2D eigenvalue weighted by atomic mass is 16.1. The second-order valence-electron chi connectivity index (χ2n) is 4.94. The predicted molar refractivity (Wildman–Crippen MR) is 83.2 cm³/mol. The minimum absolute atomic E-state index is 0.254. The van der Waals surface area contributed by atoms with Gasteiger partial charge in [0.15, 0.2) is 0 Å². The van der Waals surface area contributed by atoms with E-state index in [1.54, 1.807) is 0 Å². The maximum atomic E-state index is 10.6. The molecule has 3 nitrogen and oxygen atoms in total. The monoisotopic (exact) mass is 264 g/mol. The maximum Gasteiger partial charge on any atom is 0.211 e. The molecule has 1 aliphatic rings. The highest BCUT2D eigenvalue weighted by Gasteiger charge is 2.15. The number of carbonyl (C=O) groups excluding carboxylic acids is 1. The quantitative estimate of drug-likeness (QED) is 0.837. The van der Waals surface area contributed by atoms with Crippen LogP contribution in [0.1, 0.15) is 24.8 Å². The number of carbonyl (C=O) groups is 1. The van der Waals surface area contributed by atoms with E-state index in [-0.39, 0.29) is 5.92 Å². The summed E-state index contributed by atoms with van der Waals surface area (Å²) in [6, 6.07) is 12.3. The van der Waals surface area contributed by atoms with Crippen molar-refractivity contribution in [2.24, 2.45) is 4.99 Å². The van der Waals surface area contributed by atoms with Crippen LogP contribution in [0.4, 0.5) is 5.69 Å². The molecule has 2 aromatic carbocycles. The standard InChI is InChI=1S/C17H16N2O/c1-12(17-6-3-9-18-17)15-5-2-4-13-7-8-14(19-11-20)10-16(13)15/h2,4-12H,3H2,1H3,(H,19,20). The molecule has 0 saturated heterocycles. The minimum atomic E-state index is 0.254. The van der Waals surface area contributed by atoms with Crippen LogP contribution in [-0.2, 0) is 4.79 Å². The number of hydrogen-bond acceptors (Lipinski definition) is 2. The molecular formula is C17H16N2O. The Morgan fingerprint density at radius 3 is 2.95 bits per heavy atom. The van der Waals surface area contributed by atoms with Gasteiger partial charge in [-0.3, -0.25) is 9.79 Å². The van der Waals surface area contributed by atoms with Crippen LogP contribution < -0.4 is 5.32 Å². The summed E-state index contributed by atoms with van der Waals surface area (Å²) in [4.78, 5) is 15.0. The molecule has 0 aromatic heterocycles. The van der Waals surface area contributed by atoms with Crippen LogP contribution in [0.25, 0.3) is 10.8 Å². The second kappa shape index (κ2) is 5.29. The van der Waals surface area contributed by atoms with E-state index in [2.05, 4.69) is 41.5 Å². The summed E-state index contributed by atoms with van der Waals surface area (Å²) in [6.07, 6.45) is 5.73. The summed E-state index contributed by atoms with van der Waals surface area (Å²) in [5.74, 6) is 0.254. The molecule has 3 heteroatoms. The van der Waals surface area contributed by atoms with Gasteiger partial charge < -0.3 is 5.32 Å². The van der Waals surface area contributed by atoms with Crippen LogP contribution in [0.5, 0.6) is 0 Å². The maximum absolute atomic E-state index is 10.6. The lowest BCUT2D eigenvalue weighted by Crippen LogP contribution is -1.98. The normalized spacial score (nSPS) is 15.2. The molecule has 20 heavy (non-hydrogen) atoms. The molecule has 0 aliphatic carbocycles. The molecule has 3 rings (SSSR count). The molecule has 1 unspecified atom stereocenters. The van der Waals surface area contributed by atoms with E-state index in [1.165, 1.54) is 10.9 Å². The van der Waals surface area contributed by atoms with E-state index >= 15 is 0 Å². The number of anilines is 1. The van der Waals surface area contributed by atoms with Crippen LogP contribution in [-0.4, -0.2) is 12.6 Å². The average Bonchev–Trinajstić information content (AvgIpc) is 3.00. The van der Waals surface area contributed by atoms with E-state index < -0.39 is 0 Å². The van der Waals surface area contributed by atoms with Crippen molar-refractivity contribution >= 4 is 29.1 Å². The lowest BCUT2D eigenvalue weighted by atomic mass is 9.92. The third-order valence-electron chi connectivity index (χ3n) is 3.72. The molecule has 1 N–H and O–H groups in total. The fraction of sp³-hybridized carbons (Fsp3) is 0.176. The van der Waals surface area contributed by atoms with Crippen molar-refractivity contribution in [3.05, 3.63) is 53.7 Å². The van der Waals surface area contributed by atoms with E-state index in [0.29, 0.717) is 6.41 Å². The Kier molecular flexibility index (Phi) is 3.33. The van der Waals surface area contributed by atoms with Crippen LogP contribution >= 0.6 is 0 Å². The minimum Gasteiger partial charge on any atom is -0.329 e. The van der Waals surface area contributed by atoms with Crippen molar-refractivity contribution in [1.29, 1.82) is 0 Å². The first-order valence-corrected chi connectivity index (χ1v) is 6.75. The predicted octanol–water partition coefficient (Wildman–Crippen LogP) is 3.87. The third kappa shape index (κ3) is 2.23. The van der Waals surface area contributed by atoms with E-state index in [1.807, 2.05) is 24.4 Å². The molecule has 0 bridgehead atoms. The molecule has 1 heterocycles. The number of nitrogens with one attached hydrogen (secondary N) is 1.